The molecular formula is C17H19NO. The maximum atomic E-state index is 9.10. The van der Waals surface area contributed by atoms with Gasteiger partial charge >= 0.3 is 0 Å². The van der Waals surface area contributed by atoms with Crippen molar-refractivity contribution in [1.82, 2.24) is 0 Å². The highest BCUT2D eigenvalue weighted by atomic mass is 16.3. The van der Waals surface area contributed by atoms with E-state index in [0.717, 1.165) is 11.1 Å². The second-order valence-electron chi connectivity index (χ2n) is 4.72. The summed E-state index contributed by atoms with van der Waals surface area (Å²) in [5, 5.41) is 9.10. The van der Waals surface area contributed by atoms with Gasteiger partial charge in [0.1, 0.15) is 0 Å². The van der Waals surface area contributed by atoms with Gasteiger partial charge in [0.05, 0.1) is 6.61 Å². The van der Waals surface area contributed by atoms with Gasteiger partial charge < -0.3 is 10.0 Å². The molecule has 2 nitrogen and oxygen atoms in total. The number of benzene rings is 2. The van der Waals surface area contributed by atoms with Crippen LogP contribution in [0.4, 0.5) is 5.69 Å². The summed E-state index contributed by atoms with van der Waals surface area (Å²) in [5.41, 5.74) is 4.40. The molecule has 0 saturated carbocycles. The van der Waals surface area contributed by atoms with Gasteiger partial charge in [-0.05, 0) is 34.9 Å². The van der Waals surface area contributed by atoms with Crippen LogP contribution in [0.25, 0.3) is 12.2 Å². The molecule has 0 aromatic heterocycles. The molecular weight excluding hydrogens is 234 g/mol. The van der Waals surface area contributed by atoms with E-state index in [2.05, 4.69) is 41.3 Å². The van der Waals surface area contributed by atoms with Gasteiger partial charge in [-0.15, -0.1) is 0 Å². The molecule has 0 saturated heterocycles. The highest BCUT2D eigenvalue weighted by molar-refractivity contribution is 5.70. The van der Waals surface area contributed by atoms with Crippen molar-refractivity contribution in [2.24, 2.45) is 0 Å². The van der Waals surface area contributed by atoms with Crippen LogP contribution in [0.3, 0.4) is 0 Å². The van der Waals surface area contributed by atoms with E-state index in [4.69, 9.17) is 5.11 Å². The molecule has 2 rings (SSSR count). The van der Waals surface area contributed by atoms with Crippen molar-refractivity contribution in [3.8, 4) is 0 Å². The van der Waals surface area contributed by atoms with Crippen LogP contribution in [0.15, 0.2) is 48.5 Å². The molecule has 1 N–H and O–H groups in total. The van der Waals surface area contributed by atoms with Crippen LogP contribution in [0.5, 0.6) is 0 Å². The molecule has 0 aliphatic carbocycles. The standard InChI is InChI=1S/C17H19NO/c1-18(2)17-10-8-14(9-11-17)6-7-15-4-3-5-16(12-15)13-19/h3-12,19H,13H2,1-2H3. The van der Waals surface area contributed by atoms with Crippen molar-refractivity contribution < 1.29 is 5.11 Å². The molecule has 0 heterocycles. The first kappa shape index (κ1) is 13.4. The zero-order chi connectivity index (χ0) is 13.7. The van der Waals surface area contributed by atoms with Crippen LogP contribution >= 0.6 is 0 Å². The van der Waals surface area contributed by atoms with Crippen molar-refractivity contribution in [2.45, 2.75) is 6.61 Å². The number of rotatable bonds is 4. The third-order valence-corrected chi connectivity index (χ3v) is 3.01. The van der Waals surface area contributed by atoms with Gasteiger partial charge in [-0.3, -0.25) is 0 Å². The van der Waals surface area contributed by atoms with E-state index in [1.165, 1.54) is 11.3 Å². The number of anilines is 1. The molecule has 2 aromatic rings. The predicted octanol–water partition coefficient (Wildman–Crippen LogP) is 3.42. The Balaban J connectivity index is 2.13. The molecule has 0 spiro atoms. The molecule has 98 valence electrons. The Kier molecular flexibility index (Phi) is 4.37. The molecule has 2 heteroatoms. The average Bonchev–Trinajstić information content (AvgIpc) is 2.46. The van der Waals surface area contributed by atoms with E-state index in [1.807, 2.05) is 38.4 Å². The Morgan fingerprint density at radius 3 is 2.26 bits per heavy atom. The van der Waals surface area contributed by atoms with E-state index in [9.17, 15) is 0 Å². The summed E-state index contributed by atoms with van der Waals surface area (Å²) in [4.78, 5) is 2.08. The Morgan fingerprint density at radius 1 is 0.947 bits per heavy atom. The van der Waals surface area contributed by atoms with Crippen molar-refractivity contribution in [1.29, 1.82) is 0 Å². The van der Waals surface area contributed by atoms with Gasteiger partial charge in [-0.1, -0.05) is 42.5 Å². The second kappa shape index (κ2) is 6.21. The summed E-state index contributed by atoms with van der Waals surface area (Å²) in [7, 11) is 4.07. The summed E-state index contributed by atoms with van der Waals surface area (Å²) in [6, 6.07) is 16.3. The normalized spacial score (nSPS) is 10.9. The lowest BCUT2D eigenvalue weighted by Gasteiger charge is -2.11. The van der Waals surface area contributed by atoms with Gasteiger partial charge in [0.15, 0.2) is 0 Å². The zero-order valence-corrected chi connectivity index (χ0v) is 11.4. The van der Waals surface area contributed by atoms with E-state index in [-0.39, 0.29) is 6.61 Å². The average molecular weight is 253 g/mol. The summed E-state index contributed by atoms with van der Waals surface area (Å²) < 4.78 is 0. The van der Waals surface area contributed by atoms with Crippen LogP contribution in [0, 0.1) is 0 Å². The third-order valence-electron chi connectivity index (χ3n) is 3.01. The highest BCUT2D eigenvalue weighted by Gasteiger charge is 1.94. The molecule has 0 fully saturated rings. The first-order chi connectivity index (χ1) is 9.19. The fourth-order valence-electron chi connectivity index (χ4n) is 1.87. The van der Waals surface area contributed by atoms with E-state index in [0.29, 0.717) is 0 Å². The number of hydrogen-bond donors (Lipinski definition) is 1. The highest BCUT2D eigenvalue weighted by Crippen LogP contribution is 2.15. The monoisotopic (exact) mass is 253 g/mol. The maximum Gasteiger partial charge on any atom is 0.0682 e. The maximum absolute atomic E-state index is 9.10. The molecule has 0 amide bonds. The molecule has 2 aromatic carbocycles. The van der Waals surface area contributed by atoms with Crippen molar-refractivity contribution in [3.63, 3.8) is 0 Å². The summed E-state index contributed by atoms with van der Waals surface area (Å²) in [6.45, 7) is 0.0826. The Hall–Kier alpha value is -2.06. The van der Waals surface area contributed by atoms with Gasteiger partial charge in [0.25, 0.3) is 0 Å². The minimum atomic E-state index is 0.0826. The summed E-state index contributed by atoms with van der Waals surface area (Å²) >= 11 is 0. The van der Waals surface area contributed by atoms with Crippen LogP contribution in [-0.4, -0.2) is 19.2 Å². The smallest absolute Gasteiger partial charge is 0.0682 e. The predicted molar refractivity (Wildman–Crippen MR) is 82.1 cm³/mol. The van der Waals surface area contributed by atoms with Gasteiger partial charge in [0, 0.05) is 19.8 Å². The minimum absolute atomic E-state index is 0.0826. The van der Waals surface area contributed by atoms with Crippen molar-refractivity contribution >= 4 is 17.8 Å². The van der Waals surface area contributed by atoms with Crippen LogP contribution in [0.2, 0.25) is 0 Å². The molecule has 0 radical (unpaired) electrons. The molecule has 0 aliphatic rings. The van der Waals surface area contributed by atoms with Crippen LogP contribution < -0.4 is 4.90 Å². The van der Waals surface area contributed by atoms with Crippen molar-refractivity contribution in [2.75, 3.05) is 19.0 Å². The molecule has 0 unspecified atom stereocenters. The number of aliphatic hydroxyl groups excluding tert-OH is 1. The fraction of sp³-hybridized carbons (Fsp3) is 0.176. The quantitative estimate of drug-likeness (QED) is 0.844. The number of hydrogen-bond acceptors (Lipinski definition) is 2. The lowest BCUT2D eigenvalue weighted by Crippen LogP contribution is -2.07. The third kappa shape index (κ3) is 3.70. The lowest BCUT2D eigenvalue weighted by molar-refractivity contribution is 0.282. The van der Waals surface area contributed by atoms with Gasteiger partial charge in [-0.25, -0.2) is 0 Å². The number of aliphatic hydroxyl groups is 1. The Morgan fingerprint density at radius 2 is 1.63 bits per heavy atom. The van der Waals surface area contributed by atoms with Crippen LogP contribution in [0.1, 0.15) is 16.7 Å². The molecule has 19 heavy (non-hydrogen) atoms. The fourth-order valence-corrected chi connectivity index (χ4v) is 1.87. The molecule has 0 aliphatic heterocycles. The first-order valence-electron chi connectivity index (χ1n) is 6.34. The summed E-state index contributed by atoms with van der Waals surface area (Å²) in [6.07, 6.45) is 4.14. The minimum Gasteiger partial charge on any atom is -0.392 e. The molecule has 0 atom stereocenters. The molecule has 0 bridgehead atoms. The Labute approximate surface area is 114 Å². The van der Waals surface area contributed by atoms with Gasteiger partial charge in [0.2, 0.25) is 0 Å². The second-order valence-corrected chi connectivity index (χ2v) is 4.72. The Bertz CT molecular complexity index is 556. The van der Waals surface area contributed by atoms with Gasteiger partial charge in [-0.2, -0.15) is 0 Å². The van der Waals surface area contributed by atoms with E-state index >= 15 is 0 Å². The lowest BCUT2D eigenvalue weighted by atomic mass is 10.1. The summed E-state index contributed by atoms with van der Waals surface area (Å²) in [5.74, 6) is 0. The van der Waals surface area contributed by atoms with E-state index < -0.39 is 0 Å². The number of nitrogens with zero attached hydrogens (tertiary/aromatic N) is 1. The van der Waals surface area contributed by atoms with Crippen LogP contribution in [-0.2, 0) is 6.61 Å². The first-order valence-corrected chi connectivity index (χ1v) is 6.34. The topological polar surface area (TPSA) is 23.5 Å². The largest absolute Gasteiger partial charge is 0.392 e. The van der Waals surface area contributed by atoms with E-state index in [1.54, 1.807) is 0 Å². The SMILES string of the molecule is CN(C)c1ccc(C=Cc2cccc(CO)c2)cc1. The zero-order valence-electron chi connectivity index (χ0n) is 11.4. The van der Waals surface area contributed by atoms with Crippen molar-refractivity contribution in [3.05, 3.63) is 65.2 Å².